The molecule has 0 aliphatic heterocycles. The molecule has 1 aromatic carbocycles. The predicted molar refractivity (Wildman–Crippen MR) is 76.4 cm³/mol. The SMILES string of the molecule is CC(C)OC(=O)c1ccc(NC(=O)C2(N)CCC2)cc1. The Morgan fingerprint density at radius 3 is 2.30 bits per heavy atom. The number of carbonyl (C=O) groups excluding carboxylic acids is 2. The molecule has 0 unspecified atom stereocenters. The van der Waals surface area contributed by atoms with Gasteiger partial charge in [0.1, 0.15) is 0 Å². The van der Waals surface area contributed by atoms with E-state index in [1.54, 1.807) is 38.1 Å². The monoisotopic (exact) mass is 276 g/mol. The molecule has 0 radical (unpaired) electrons. The van der Waals surface area contributed by atoms with Crippen molar-refractivity contribution in [3.8, 4) is 0 Å². The Balaban J connectivity index is 1.98. The van der Waals surface area contributed by atoms with Crippen molar-refractivity contribution in [1.29, 1.82) is 0 Å². The fourth-order valence-electron chi connectivity index (χ4n) is 2.01. The summed E-state index contributed by atoms with van der Waals surface area (Å²) in [4.78, 5) is 23.6. The molecule has 1 aliphatic rings. The lowest BCUT2D eigenvalue weighted by Crippen LogP contribution is -2.56. The number of amides is 1. The molecule has 0 atom stereocenters. The summed E-state index contributed by atoms with van der Waals surface area (Å²) in [5, 5.41) is 2.78. The van der Waals surface area contributed by atoms with Crippen LogP contribution in [0, 0.1) is 0 Å². The lowest BCUT2D eigenvalue weighted by atomic mass is 9.77. The second kappa shape index (κ2) is 5.63. The molecule has 108 valence electrons. The molecule has 0 heterocycles. The summed E-state index contributed by atoms with van der Waals surface area (Å²) in [6.07, 6.45) is 2.27. The number of rotatable bonds is 4. The number of benzene rings is 1. The van der Waals surface area contributed by atoms with Crippen molar-refractivity contribution >= 4 is 17.6 Å². The molecule has 2 rings (SSSR count). The third kappa shape index (κ3) is 3.17. The number of hydrogen-bond donors (Lipinski definition) is 2. The quantitative estimate of drug-likeness (QED) is 0.825. The Labute approximate surface area is 118 Å². The minimum atomic E-state index is -0.727. The van der Waals surface area contributed by atoms with Crippen LogP contribution in [-0.4, -0.2) is 23.5 Å². The normalized spacial score (nSPS) is 16.4. The van der Waals surface area contributed by atoms with Gasteiger partial charge < -0.3 is 15.8 Å². The van der Waals surface area contributed by atoms with E-state index in [9.17, 15) is 9.59 Å². The second-order valence-corrected chi connectivity index (χ2v) is 5.50. The molecule has 5 nitrogen and oxygen atoms in total. The van der Waals surface area contributed by atoms with Crippen LogP contribution >= 0.6 is 0 Å². The van der Waals surface area contributed by atoms with Gasteiger partial charge in [-0.1, -0.05) is 0 Å². The van der Waals surface area contributed by atoms with Gasteiger partial charge in [-0.05, 0) is 57.4 Å². The summed E-state index contributed by atoms with van der Waals surface area (Å²) < 4.78 is 5.09. The summed E-state index contributed by atoms with van der Waals surface area (Å²) in [6.45, 7) is 3.59. The predicted octanol–water partition coefficient (Wildman–Crippen LogP) is 2.07. The van der Waals surface area contributed by atoms with E-state index in [2.05, 4.69) is 5.32 Å². The summed E-state index contributed by atoms with van der Waals surface area (Å²) in [5.74, 6) is -0.534. The van der Waals surface area contributed by atoms with Crippen molar-refractivity contribution < 1.29 is 14.3 Å². The zero-order chi connectivity index (χ0) is 14.8. The van der Waals surface area contributed by atoms with E-state index in [-0.39, 0.29) is 18.0 Å². The fourth-order valence-corrected chi connectivity index (χ4v) is 2.01. The molecule has 5 heteroatoms. The van der Waals surface area contributed by atoms with Gasteiger partial charge in [-0.25, -0.2) is 4.79 Å². The fraction of sp³-hybridized carbons (Fsp3) is 0.467. The van der Waals surface area contributed by atoms with Gasteiger partial charge in [0, 0.05) is 5.69 Å². The smallest absolute Gasteiger partial charge is 0.338 e. The maximum atomic E-state index is 12.0. The minimum Gasteiger partial charge on any atom is -0.459 e. The maximum Gasteiger partial charge on any atom is 0.338 e. The molecule has 1 amide bonds. The number of esters is 1. The number of nitrogens with two attached hydrogens (primary N) is 1. The van der Waals surface area contributed by atoms with Gasteiger partial charge in [0.15, 0.2) is 0 Å². The average molecular weight is 276 g/mol. The first-order valence-electron chi connectivity index (χ1n) is 6.82. The molecule has 0 saturated heterocycles. The highest BCUT2D eigenvalue weighted by atomic mass is 16.5. The standard InChI is InChI=1S/C15H20N2O3/c1-10(2)20-13(18)11-4-6-12(7-5-11)17-14(19)15(16)8-3-9-15/h4-7,10H,3,8-9,16H2,1-2H3,(H,17,19). The second-order valence-electron chi connectivity index (χ2n) is 5.50. The molecular weight excluding hydrogens is 256 g/mol. The van der Waals surface area contributed by atoms with Crippen LogP contribution in [0.1, 0.15) is 43.5 Å². The maximum absolute atomic E-state index is 12.0. The largest absolute Gasteiger partial charge is 0.459 e. The average Bonchev–Trinajstić information content (AvgIpc) is 2.35. The highest BCUT2D eigenvalue weighted by Gasteiger charge is 2.40. The zero-order valence-electron chi connectivity index (χ0n) is 11.8. The molecule has 0 spiro atoms. The van der Waals surface area contributed by atoms with Crippen molar-refractivity contribution in [2.75, 3.05) is 5.32 Å². The van der Waals surface area contributed by atoms with E-state index in [1.807, 2.05) is 0 Å². The zero-order valence-corrected chi connectivity index (χ0v) is 11.8. The van der Waals surface area contributed by atoms with Crippen LogP contribution in [0.5, 0.6) is 0 Å². The molecule has 0 aromatic heterocycles. The van der Waals surface area contributed by atoms with E-state index in [0.717, 1.165) is 19.3 Å². The van der Waals surface area contributed by atoms with Crippen LogP contribution in [-0.2, 0) is 9.53 Å². The van der Waals surface area contributed by atoms with Gasteiger partial charge in [0.2, 0.25) is 5.91 Å². The van der Waals surface area contributed by atoms with Crippen LogP contribution < -0.4 is 11.1 Å². The van der Waals surface area contributed by atoms with Gasteiger partial charge in [0.05, 0.1) is 17.2 Å². The molecule has 1 aliphatic carbocycles. The first kappa shape index (κ1) is 14.5. The third-order valence-electron chi connectivity index (χ3n) is 3.42. The molecule has 20 heavy (non-hydrogen) atoms. The van der Waals surface area contributed by atoms with Crippen LogP contribution in [0.4, 0.5) is 5.69 Å². The summed E-state index contributed by atoms with van der Waals surface area (Å²) in [6, 6.07) is 6.61. The molecule has 1 aromatic rings. The molecule has 0 bridgehead atoms. The topological polar surface area (TPSA) is 81.4 Å². The highest BCUT2D eigenvalue weighted by Crippen LogP contribution is 2.30. The van der Waals surface area contributed by atoms with E-state index < -0.39 is 5.54 Å². The highest BCUT2D eigenvalue weighted by molar-refractivity contribution is 5.99. The van der Waals surface area contributed by atoms with Crippen LogP contribution in [0.25, 0.3) is 0 Å². The Hall–Kier alpha value is -1.88. The molecule has 3 N–H and O–H groups in total. The molecular formula is C15H20N2O3. The van der Waals surface area contributed by atoms with E-state index in [0.29, 0.717) is 11.3 Å². The Bertz CT molecular complexity index is 504. The van der Waals surface area contributed by atoms with Gasteiger partial charge in [-0.15, -0.1) is 0 Å². The number of nitrogens with one attached hydrogen (secondary N) is 1. The van der Waals surface area contributed by atoms with Gasteiger partial charge >= 0.3 is 5.97 Å². The summed E-state index contributed by atoms with van der Waals surface area (Å²) in [5.41, 5.74) is 6.31. The van der Waals surface area contributed by atoms with E-state index in [4.69, 9.17) is 10.5 Å². The molecule has 1 saturated carbocycles. The van der Waals surface area contributed by atoms with Crippen LogP contribution in [0.15, 0.2) is 24.3 Å². The van der Waals surface area contributed by atoms with E-state index in [1.165, 1.54) is 0 Å². The Morgan fingerprint density at radius 2 is 1.85 bits per heavy atom. The number of carbonyl (C=O) groups is 2. The van der Waals surface area contributed by atoms with Crippen molar-refractivity contribution in [1.82, 2.24) is 0 Å². The van der Waals surface area contributed by atoms with Crippen molar-refractivity contribution in [3.05, 3.63) is 29.8 Å². The van der Waals surface area contributed by atoms with Crippen LogP contribution in [0.2, 0.25) is 0 Å². The molecule has 1 fully saturated rings. The number of hydrogen-bond acceptors (Lipinski definition) is 4. The van der Waals surface area contributed by atoms with Crippen molar-refractivity contribution in [3.63, 3.8) is 0 Å². The lowest BCUT2D eigenvalue weighted by Gasteiger charge is -2.36. The first-order valence-corrected chi connectivity index (χ1v) is 6.82. The number of anilines is 1. The van der Waals surface area contributed by atoms with Gasteiger partial charge in [-0.3, -0.25) is 4.79 Å². The Morgan fingerprint density at radius 1 is 1.25 bits per heavy atom. The minimum absolute atomic E-state index is 0.155. The number of ether oxygens (including phenoxy) is 1. The van der Waals surface area contributed by atoms with Crippen molar-refractivity contribution in [2.24, 2.45) is 5.73 Å². The third-order valence-corrected chi connectivity index (χ3v) is 3.42. The van der Waals surface area contributed by atoms with Gasteiger partial charge in [0.25, 0.3) is 0 Å². The van der Waals surface area contributed by atoms with Gasteiger partial charge in [-0.2, -0.15) is 0 Å². The Kier molecular flexibility index (Phi) is 4.09. The summed E-state index contributed by atoms with van der Waals surface area (Å²) in [7, 11) is 0. The van der Waals surface area contributed by atoms with Crippen molar-refractivity contribution in [2.45, 2.75) is 44.8 Å². The van der Waals surface area contributed by atoms with Crippen LogP contribution in [0.3, 0.4) is 0 Å². The first-order chi connectivity index (χ1) is 9.40. The lowest BCUT2D eigenvalue weighted by molar-refractivity contribution is -0.123. The van der Waals surface area contributed by atoms with E-state index >= 15 is 0 Å². The summed E-state index contributed by atoms with van der Waals surface area (Å²) >= 11 is 0.